The van der Waals surface area contributed by atoms with Crippen LogP contribution in [0.5, 0.6) is 11.5 Å². The van der Waals surface area contributed by atoms with Crippen molar-refractivity contribution < 1.29 is 14.3 Å². The number of amides is 1. The Morgan fingerprint density at radius 3 is 2.21 bits per heavy atom. The summed E-state index contributed by atoms with van der Waals surface area (Å²) < 4.78 is 10.7. The number of methoxy groups -OCH3 is 2. The Hall–Kier alpha value is -1.79. The number of hydrogen-bond donors (Lipinski definition) is 1. The fraction of sp³-hybridized carbons (Fsp3) is 0.611. The van der Waals surface area contributed by atoms with E-state index in [4.69, 9.17) is 9.47 Å². The van der Waals surface area contributed by atoms with Gasteiger partial charge in [-0.05, 0) is 24.7 Å². The van der Waals surface area contributed by atoms with E-state index < -0.39 is 0 Å². The van der Waals surface area contributed by atoms with E-state index >= 15 is 0 Å². The van der Waals surface area contributed by atoms with E-state index in [9.17, 15) is 4.79 Å². The Labute approximate surface area is 144 Å². The largest absolute Gasteiger partial charge is 0.497 e. The summed E-state index contributed by atoms with van der Waals surface area (Å²) in [5.41, 5.74) is 1.16. The molecule has 1 fully saturated rings. The first-order valence-electron chi connectivity index (χ1n) is 8.45. The highest BCUT2D eigenvalue weighted by Gasteiger charge is 2.24. The quantitative estimate of drug-likeness (QED) is 0.812. The lowest BCUT2D eigenvalue weighted by Crippen LogP contribution is -2.50. The van der Waals surface area contributed by atoms with Gasteiger partial charge >= 0.3 is 0 Å². The van der Waals surface area contributed by atoms with Gasteiger partial charge in [0, 0.05) is 51.3 Å². The summed E-state index contributed by atoms with van der Waals surface area (Å²) in [6.07, 6.45) is 0. The van der Waals surface area contributed by atoms with Gasteiger partial charge in [-0.15, -0.1) is 0 Å². The van der Waals surface area contributed by atoms with Crippen LogP contribution < -0.4 is 14.8 Å². The highest BCUT2D eigenvalue weighted by atomic mass is 16.5. The standard InChI is InChI=1S/C18H29N3O3/c1-14(12-19-2)18(22)21-7-5-20(6-8-21)13-15-9-16(23-3)11-17(10-15)24-4/h9-11,14,19H,5-8,12-13H2,1-4H3. The summed E-state index contributed by atoms with van der Waals surface area (Å²) in [5, 5.41) is 3.07. The summed E-state index contributed by atoms with van der Waals surface area (Å²) in [4.78, 5) is 16.7. The van der Waals surface area contributed by atoms with Crippen LogP contribution in [-0.2, 0) is 11.3 Å². The maximum absolute atomic E-state index is 12.4. The molecule has 1 aromatic carbocycles. The van der Waals surface area contributed by atoms with Crippen molar-refractivity contribution in [2.45, 2.75) is 13.5 Å². The monoisotopic (exact) mass is 335 g/mol. The molecule has 6 heteroatoms. The zero-order valence-corrected chi connectivity index (χ0v) is 15.2. The van der Waals surface area contributed by atoms with Crippen molar-refractivity contribution in [2.75, 3.05) is 54.0 Å². The summed E-state index contributed by atoms with van der Waals surface area (Å²) in [7, 11) is 5.20. The van der Waals surface area contributed by atoms with Crippen LogP contribution in [0.1, 0.15) is 12.5 Å². The molecule has 0 aromatic heterocycles. The number of ether oxygens (including phenoxy) is 2. The molecule has 134 valence electrons. The summed E-state index contributed by atoms with van der Waals surface area (Å²) >= 11 is 0. The van der Waals surface area contributed by atoms with Crippen molar-refractivity contribution in [2.24, 2.45) is 5.92 Å². The van der Waals surface area contributed by atoms with Crippen molar-refractivity contribution >= 4 is 5.91 Å². The number of carbonyl (C=O) groups is 1. The highest BCUT2D eigenvalue weighted by molar-refractivity contribution is 5.78. The normalized spacial score (nSPS) is 16.8. The van der Waals surface area contributed by atoms with Gasteiger partial charge in [-0.3, -0.25) is 9.69 Å². The second kappa shape index (κ2) is 8.89. The highest BCUT2D eigenvalue weighted by Crippen LogP contribution is 2.23. The summed E-state index contributed by atoms with van der Waals surface area (Å²) in [5.74, 6) is 1.88. The van der Waals surface area contributed by atoms with Crippen LogP contribution >= 0.6 is 0 Å². The van der Waals surface area contributed by atoms with Crippen molar-refractivity contribution in [1.82, 2.24) is 15.1 Å². The molecular formula is C18H29N3O3. The number of nitrogens with one attached hydrogen (secondary N) is 1. The predicted molar refractivity (Wildman–Crippen MR) is 94.5 cm³/mol. The van der Waals surface area contributed by atoms with Crippen LogP contribution in [0.15, 0.2) is 18.2 Å². The molecule has 1 atom stereocenters. The van der Waals surface area contributed by atoms with Crippen LogP contribution in [0.25, 0.3) is 0 Å². The lowest BCUT2D eigenvalue weighted by molar-refractivity contribution is -0.136. The summed E-state index contributed by atoms with van der Waals surface area (Å²) in [6, 6.07) is 5.95. The minimum Gasteiger partial charge on any atom is -0.497 e. The number of hydrogen-bond acceptors (Lipinski definition) is 5. The third-order valence-corrected chi connectivity index (χ3v) is 4.43. The first-order valence-corrected chi connectivity index (χ1v) is 8.45. The molecule has 1 N–H and O–H groups in total. The first-order chi connectivity index (χ1) is 11.6. The molecule has 24 heavy (non-hydrogen) atoms. The second-order valence-corrected chi connectivity index (χ2v) is 6.28. The Morgan fingerprint density at radius 1 is 1.12 bits per heavy atom. The number of benzene rings is 1. The number of nitrogens with zero attached hydrogens (tertiary/aromatic N) is 2. The van der Waals surface area contributed by atoms with Gasteiger partial charge in [0.1, 0.15) is 11.5 Å². The maximum Gasteiger partial charge on any atom is 0.226 e. The Morgan fingerprint density at radius 2 is 1.71 bits per heavy atom. The van der Waals surface area contributed by atoms with Gasteiger partial charge in [-0.1, -0.05) is 6.92 Å². The van der Waals surface area contributed by atoms with Gasteiger partial charge in [0.05, 0.1) is 14.2 Å². The van der Waals surface area contributed by atoms with Gasteiger partial charge in [0.15, 0.2) is 0 Å². The Balaban J connectivity index is 1.90. The molecule has 1 saturated heterocycles. The molecule has 0 aliphatic carbocycles. The third-order valence-electron chi connectivity index (χ3n) is 4.43. The molecule has 1 amide bonds. The Bertz CT molecular complexity index is 520. The molecule has 2 rings (SSSR count). The van der Waals surface area contributed by atoms with Crippen LogP contribution in [0.3, 0.4) is 0 Å². The average Bonchev–Trinajstić information content (AvgIpc) is 2.61. The minimum atomic E-state index is 0.0317. The van der Waals surface area contributed by atoms with Crippen LogP contribution in [0.2, 0.25) is 0 Å². The van der Waals surface area contributed by atoms with E-state index in [1.807, 2.05) is 37.1 Å². The molecule has 1 heterocycles. The van der Waals surface area contributed by atoms with Gasteiger partial charge in [0.2, 0.25) is 5.91 Å². The molecule has 1 aliphatic rings. The summed E-state index contributed by atoms with van der Waals surface area (Å²) in [6.45, 7) is 6.88. The number of piperazine rings is 1. The first kappa shape index (κ1) is 18.5. The zero-order valence-electron chi connectivity index (χ0n) is 15.2. The molecule has 1 unspecified atom stereocenters. The van der Waals surface area contributed by atoms with Crippen LogP contribution in [0, 0.1) is 5.92 Å². The molecule has 1 aromatic rings. The molecule has 1 aliphatic heterocycles. The smallest absolute Gasteiger partial charge is 0.226 e. The third kappa shape index (κ3) is 4.85. The SMILES string of the molecule is CNCC(C)C(=O)N1CCN(Cc2cc(OC)cc(OC)c2)CC1. The topological polar surface area (TPSA) is 54.0 Å². The van der Waals surface area contributed by atoms with E-state index in [-0.39, 0.29) is 11.8 Å². The van der Waals surface area contributed by atoms with Gasteiger partial charge in [0.25, 0.3) is 0 Å². The van der Waals surface area contributed by atoms with Gasteiger partial charge < -0.3 is 19.7 Å². The number of carbonyl (C=O) groups excluding carboxylic acids is 1. The average molecular weight is 335 g/mol. The predicted octanol–water partition coefficient (Wildman–Crippen LogP) is 1.20. The van der Waals surface area contributed by atoms with Crippen molar-refractivity contribution in [3.8, 4) is 11.5 Å². The maximum atomic E-state index is 12.4. The van der Waals surface area contributed by atoms with E-state index in [1.165, 1.54) is 0 Å². The second-order valence-electron chi connectivity index (χ2n) is 6.28. The lowest BCUT2D eigenvalue weighted by Gasteiger charge is -2.36. The number of rotatable bonds is 7. The molecular weight excluding hydrogens is 306 g/mol. The van der Waals surface area contributed by atoms with E-state index in [0.29, 0.717) is 0 Å². The van der Waals surface area contributed by atoms with E-state index in [1.54, 1.807) is 14.2 Å². The van der Waals surface area contributed by atoms with Gasteiger partial charge in [-0.2, -0.15) is 0 Å². The van der Waals surface area contributed by atoms with E-state index in [0.717, 1.165) is 56.3 Å². The fourth-order valence-corrected chi connectivity index (χ4v) is 3.05. The molecule has 0 spiro atoms. The van der Waals surface area contributed by atoms with Crippen LogP contribution in [-0.4, -0.2) is 69.7 Å². The Kier molecular flexibility index (Phi) is 6.87. The molecule has 6 nitrogen and oxygen atoms in total. The van der Waals surface area contributed by atoms with Crippen LogP contribution in [0.4, 0.5) is 0 Å². The molecule has 0 saturated carbocycles. The minimum absolute atomic E-state index is 0.0317. The molecule has 0 radical (unpaired) electrons. The fourth-order valence-electron chi connectivity index (χ4n) is 3.05. The molecule has 0 bridgehead atoms. The van der Waals surface area contributed by atoms with Crippen molar-refractivity contribution in [3.05, 3.63) is 23.8 Å². The van der Waals surface area contributed by atoms with Crippen molar-refractivity contribution in [3.63, 3.8) is 0 Å². The zero-order chi connectivity index (χ0) is 17.5. The van der Waals surface area contributed by atoms with E-state index in [2.05, 4.69) is 10.2 Å². The van der Waals surface area contributed by atoms with Crippen molar-refractivity contribution in [1.29, 1.82) is 0 Å². The lowest BCUT2D eigenvalue weighted by atomic mass is 10.1. The van der Waals surface area contributed by atoms with Gasteiger partial charge in [-0.25, -0.2) is 0 Å².